The molecular formula is C18H22N2O4. The van der Waals surface area contributed by atoms with Gasteiger partial charge in [-0.1, -0.05) is 12.1 Å². The van der Waals surface area contributed by atoms with E-state index in [-0.39, 0.29) is 12.0 Å². The molecule has 1 heterocycles. The van der Waals surface area contributed by atoms with Gasteiger partial charge in [-0.2, -0.15) is 0 Å². The number of rotatable bonds is 8. The second kappa shape index (κ2) is 8.88. The number of amides is 1. The number of methoxy groups -OCH3 is 2. The molecule has 0 aliphatic heterocycles. The molecule has 6 heteroatoms. The first-order chi connectivity index (χ1) is 11.7. The molecule has 1 N–H and O–H groups in total. The summed E-state index contributed by atoms with van der Waals surface area (Å²) in [5, 5.41) is 2.86. The van der Waals surface area contributed by atoms with Gasteiger partial charge in [0.25, 0.3) is 5.91 Å². The van der Waals surface area contributed by atoms with E-state index in [0.29, 0.717) is 24.6 Å². The maximum atomic E-state index is 12.4. The van der Waals surface area contributed by atoms with Gasteiger partial charge >= 0.3 is 0 Å². The number of nitrogens with zero attached hydrogens (tertiary/aromatic N) is 1. The van der Waals surface area contributed by atoms with E-state index in [1.54, 1.807) is 32.5 Å². The van der Waals surface area contributed by atoms with E-state index >= 15 is 0 Å². The molecule has 2 rings (SSSR count). The Labute approximate surface area is 141 Å². The van der Waals surface area contributed by atoms with E-state index in [0.717, 1.165) is 11.3 Å². The first kappa shape index (κ1) is 17.7. The summed E-state index contributed by atoms with van der Waals surface area (Å²) in [7, 11) is 3.21. The first-order valence-electron chi connectivity index (χ1n) is 7.72. The zero-order chi connectivity index (χ0) is 17.4. The summed E-state index contributed by atoms with van der Waals surface area (Å²) in [6.07, 6.45) is 1.31. The Kier molecular flexibility index (Phi) is 6.57. The summed E-state index contributed by atoms with van der Waals surface area (Å²) in [6, 6.07) is 10.9. The van der Waals surface area contributed by atoms with Gasteiger partial charge in [-0.15, -0.1) is 0 Å². The van der Waals surface area contributed by atoms with Crippen LogP contribution < -0.4 is 14.8 Å². The molecule has 0 aliphatic carbocycles. The average molecular weight is 330 g/mol. The topological polar surface area (TPSA) is 69.7 Å². The molecule has 0 bridgehead atoms. The van der Waals surface area contributed by atoms with Crippen LogP contribution in [-0.2, 0) is 4.74 Å². The van der Waals surface area contributed by atoms with Gasteiger partial charge < -0.3 is 19.5 Å². The number of hydrogen-bond donors (Lipinski definition) is 1. The number of hydrogen-bond acceptors (Lipinski definition) is 5. The van der Waals surface area contributed by atoms with Crippen molar-refractivity contribution in [2.24, 2.45) is 0 Å². The Morgan fingerprint density at radius 3 is 2.79 bits per heavy atom. The van der Waals surface area contributed by atoms with Crippen LogP contribution in [0.25, 0.3) is 0 Å². The molecule has 128 valence electrons. The lowest BCUT2D eigenvalue weighted by Gasteiger charge is -2.17. The SMILES string of the molecule is CCOc1ncccc1C(=O)NCC(OC)c1cccc(OC)c1. The molecule has 2 aromatic rings. The van der Waals surface area contributed by atoms with Crippen LogP contribution in [0.4, 0.5) is 0 Å². The van der Waals surface area contributed by atoms with E-state index in [2.05, 4.69) is 10.3 Å². The van der Waals surface area contributed by atoms with Gasteiger partial charge in [0.15, 0.2) is 0 Å². The minimum atomic E-state index is -0.281. The Morgan fingerprint density at radius 1 is 1.25 bits per heavy atom. The van der Waals surface area contributed by atoms with Crippen LogP contribution in [0.3, 0.4) is 0 Å². The number of ether oxygens (including phenoxy) is 3. The Hall–Kier alpha value is -2.60. The maximum Gasteiger partial charge on any atom is 0.256 e. The van der Waals surface area contributed by atoms with E-state index in [9.17, 15) is 4.79 Å². The molecule has 1 unspecified atom stereocenters. The number of nitrogens with one attached hydrogen (secondary N) is 1. The number of aromatic nitrogens is 1. The molecule has 24 heavy (non-hydrogen) atoms. The quantitative estimate of drug-likeness (QED) is 0.806. The van der Waals surface area contributed by atoms with Crippen LogP contribution in [0.2, 0.25) is 0 Å². The fraction of sp³-hybridized carbons (Fsp3) is 0.333. The second-order valence-corrected chi connectivity index (χ2v) is 5.00. The van der Waals surface area contributed by atoms with Crippen molar-refractivity contribution in [3.8, 4) is 11.6 Å². The molecule has 1 atom stereocenters. The lowest BCUT2D eigenvalue weighted by molar-refractivity contribution is 0.0824. The van der Waals surface area contributed by atoms with E-state index in [1.807, 2.05) is 31.2 Å². The highest BCUT2D eigenvalue weighted by Gasteiger charge is 2.17. The Bertz CT molecular complexity index is 676. The highest BCUT2D eigenvalue weighted by Crippen LogP contribution is 2.21. The van der Waals surface area contributed by atoms with Crippen LogP contribution in [-0.4, -0.2) is 38.3 Å². The minimum Gasteiger partial charge on any atom is -0.497 e. The molecule has 0 radical (unpaired) electrons. The highest BCUT2D eigenvalue weighted by molar-refractivity contribution is 5.96. The van der Waals surface area contributed by atoms with Crippen molar-refractivity contribution in [1.82, 2.24) is 10.3 Å². The third-order valence-electron chi connectivity index (χ3n) is 3.49. The van der Waals surface area contributed by atoms with Gasteiger partial charge in [0.1, 0.15) is 11.3 Å². The van der Waals surface area contributed by atoms with Crippen molar-refractivity contribution in [1.29, 1.82) is 0 Å². The summed E-state index contributed by atoms with van der Waals surface area (Å²) in [6.45, 7) is 2.62. The van der Waals surface area contributed by atoms with Gasteiger partial charge in [-0.3, -0.25) is 4.79 Å². The number of carbonyl (C=O) groups excluding carboxylic acids is 1. The highest BCUT2D eigenvalue weighted by atomic mass is 16.5. The van der Waals surface area contributed by atoms with Crippen LogP contribution in [0.5, 0.6) is 11.6 Å². The van der Waals surface area contributed by atoms with Crippen molar-refractivity contribution >= 4 is 5.91 Å². The third-order valence-corrected chi connectivity index (χ3v) is 3.49. The van der Waals surface area contributed by atoms with Crippen LogP contribution in [0.1, 0.15) is 28.9 Å². The fourth-order valence-corrected chi connectivity index (χ4v) is 2.28. The summed E-state index contributed by atoms with van der Waals surface area (Å²) in [5.74, 6) is 0.816. The first-order valence-corrected chi connectivity index (χ1v) is 7.72. The minimum absolute atomic E-state index is 0.253. The van der Waals surface area contributed by atoms with Crippen molar-refractivity contribution in [2.75, 3.05) is 27.4 Å². The number of benzene rings is 1. The van der Waals surface area contributed by atoms with E-state index < -0.39 is 0 Å². The van der Waals surface area contributed by atoms with Gasteiger partial charge in [-0.25, -0.2) is 4.98 Å². The van der Waals surface area contributed by atoms with Crippen molar-refractivity contribution in [3.05, 3.63) is 53.7 Å². The van der Waals surface area contributed by atoms with E-state index in [4.69, 9.17) is 14.2 Å². The fourth-order valence-electron chi connectivity index (χ4n) is 2.28. The van der Waals surface area contributed by atoms with Gasteiger partial charge in [0, 0.05) is 19.9 Å². The summed E-state index contributed by atoms with van der Waals surface area (Å²) in [5.41, 5.74) is 1.33. The zero-order valence-electron chi connectivity index (χ0n) is 14.1. The molecule has 0 saturated carbocycles. The van der Waals surface area contributed by atoms with Crippen molar-refractivity contribution < 1.29 is 19.0 Å². The third kappa shape index (κ3) is 4.45. The molecule has 6 nitrogen and oxygen atoms in total. The molecule has 0 saturated heterocycles. The monoisotopic (exact) mass is 330 g/mol. The van der Waals surface area contributed by atoms with Gasteiger partial charge in [0.2, 0.25) is 5.88 Å². The lowest BCUT2D eigenvalue weighted by atomic mass is 10.1. The van der Waals surface area contributed by atoms with Crippen LogP contribution >= 0.6 is 0 Å². The average Bonchev–Trinajstić information content (AvgIpc) is 2.63. The Balaban J connectivity index is 2.06. The van der Waals surface area contributed by atoms with Gasteiger partial charge in [-0.05, 0) is 36.8 Å². The summed E-state index contributed by atoms with van der Waals surface area (Å²) < 4.78 is 16.1. The molecular weight excluding hydrogens is 308 g/mol. The van der Waals surface area contributed by atoms with E-state index in [1.165, 1.54) is 0 Å². The second-order valence-electron chi connectivity index (χ2n) is 5.00. The summed E-state index contributed by atoms with van der Waals surface area (Å²) >= 11 is 0. The smallest absolute Gasteiger partial charge is 0.256 e. The number of carbonyl (C=O) groups is 1. The maximum absolute atomic E-state index is 12.4. The molecule has 0 aliphatic rings. The van der Waals surface area contributed by atoms with Crippen molar-refractivity contribution in [2.45, 2.75) is 13.0 Å². The largest absolute Gasteiger partial charge is 0.497 e. The molecule has 1 aromatic heterocycles. The Morgan fingerprint density at radius 2 is 2.08 bits per heavy atom. The zero-order valence-corrected chi connectivity index (χ0v) is 14.1. The molecule has 0 fully saturated rings. The van der Waals surface area contributed by atoms with Gasteiger partial charge in [0.05, 0.1) is 19.8 Å². The molecule has 0 spiro atoms. The van der Waals surface area contributed by atoms with Crippen LogP contribution in [0.15, 0.2) is 42.6 Å². The molecule has 1 aromatic carbocycles. The normalized spacial score (nSPS) is 11.6. The standard InChI is InChI=1S/C18H22N2O4/c1-4-24-18-15(9-6-10-19-18)17(21)20-12-16(23-3)13-7-5-8-14(11-13)22-2/h5-11,16H,4,12H2,1-3H3,(H,20,21). The molecule has 1 amide bonds. The van der Waals surface area contributed by atoms with Crippen molar-refractivity contribution in [3.63, 3.8) is 0 Å². The predicted octanol–water partition coefficient (Wildman–Crippen LogP) is 2.61. The van der Waals surface area contributed by atoms with Crippen LogP contribution in [0, 0.1) is 0 Å². The lowest BCUT2D eigenvalue weighted by Crippen LogP contribution is -2.29. The predicted molar refractivity (Wildman–Crippen MR) is 90.5 cm³/mol. The number of pyridine rings is 1. The summed E-state index contributed by atoms with van der Waals surface area (Å²) in [4.78, 5) is 16.5.